The van der Waals surface area contributed by atoms with Crippen molar-refractivity contribution in [1.29, 1.82) is 0 Å². The molecular formula is C24H38O2. The van der Waals surface area contributed by atoms with Crippen LogP contribution in [0.3, 0.4) is 0 Å². The second-order valence-electron chi connectivity index (χ2n) is 6.14. The number of hydrogen-bond donors (Lipinski definition) is 0. The second-order valence-corrected chi connectivity index (χ2v) is 6.14. The molecule has 0 bridgehead atoms. The van der Waals surface area contributed by atoms with Crippen molar-refractivity contribution in [3.05, 3.63) is 60.8 Å². The Balaban J connectivity index is 3.50. The molecule has 0 saturated heterocycles. The molecule has 26 heavy (non-hydrogen) atoms. The minimum absolute atomic E-state index is 0.116. The third-order valence-corrected chi connectivity index (χ3v) is 3.72. The Morgan fingerprint density at radius 1 is 0.654 bits per heavy atom. The summed E-state index contributed by atoms with van der Waals surface area (Å²) >= 11 is 0. The number of carbonyl (C=O) groups is 1. The number of allylic oxidation sites excluding steroid dienone is 10. The maximum atomic E-state index is 11.1. The van der Waals surface area contributed by atoms with Gasteiger partial charge in [0.05, 0.1) is 6.61 Å². The first-order valence-electron chi connectivity index (χ1n) is 10.2. The van der Waals surface area contributed by atoms with Crippen LogP contribution in [0.25, 0.3) is 0 Å². The van der Waals surface area contributed by atoms with E-state index in [-0.39, 0.29) is 5.97 Å². The highest BCUT2D eigenvalue weighted by molar-refractivity contribution is 5.69. The van der Waals surface area contributed by atoms with Gasteiger partial charge in [0.25, 0.3) is 0 Å². The monoisotopic (exact) mass is 358 g/mol. The normalized spacial score (nSPS) is 12.5. The smallest absolute Gasteiger partial charge is 0.306 e. The summed E-state index contributed by atoms with van der Waals surface area (Å²) in [7, 11) is 0. The molecule has 0 radical (unpaired) electrons. The molecule has 0 heterocycles. The number of esters is 1. The maximum Gasteiger partial charge on any atom is 0.306 e. The predicted molar refractivity (Wildman–Crippen MR) is 114 cm³/mol. The van der Waals surface area contributed by atoms with Crippen LogP contribution in [0.2, 0.25) is 0 Å². The van der Waals surface area contributed by atoms with Gasteiger partial charge in [-0.25, -0.2) is 0 Å². The molecule has 0 saturated carbocycles. The lowest BCUT2D eigenvalue weighted by Crippen LogP contribution is -2.02. The van der Waals surface area contributed by atoms with Gasteiger partial charge in [-0.3, -0.25) is 4.79 Å². The van der Waals surface area contributed by atoms with Gasteiger partial charge in [0.15, 0.2) is 0 Å². The van der Waals surface area contributed by atoms with E-state index in [1.54, 1.807) is 0 Å². The fraction of sp³-hybridized carbons (Fsp3) is 0.542. The van der Waals surface area contributed by atoms with Crippen molar-refractivity contribution in [2.24, 2.45) is 0 Å². The summed E-state index contributed by atoms with van der Waals surface area (Å²) in [5, 5.41) is 0. The molecule has 0 aliphatic rings. The molecule has 2 nitrogen and oxygen atoms in total. The molecule has 146 valence electrons. The van der Waals surface area contributed by atoms with Crippen LogP contribution in [0, 0.1) is 0 Å². The summed E-state index contributed by atoms with van der Waals surface area (Å²) in [4.78, 5) is 11.1. The SMILES string of the molecule is CCCCC/C=C\C/C=C\C/C=C\C/C=C\C/C=C\CCC(=O)OCC. The van der Waals surface area contributed by atoms with Crippen LogP contribution in [-0.4, -0.2) is 12.6 Å². The van der Waals surface area contributed by atoms with E-state index in [1.807, 2.05) is 13.0 Å². The zero-order valence-electron chi connectivity index (χ0n) is 16.9. The number of carbonyl (C=O) groups excluding carboxylic acids is 1. The first-order valence-corrected chi connectivity index (χ1v) is 10.2. The van der Waals surface area contributed by atoms with Crippen LogP contribution in [-0.2, 0) is 9.53 Å². The molecule has 0 aliphatic carbocycles. The highest BCUT2D eigenvalue weighted by Gasteiger charge is 1.97. The van der Waals surface area contributed by atoms with Crippen LogP contribution in [0.15, 0.2) is 60.8 Å². The second kappa shape index (κ2) is 21.2. The summed E-state index contributed by atoms with van der Waals surface area (Å²) in [5.74, 6) is -0.116. The van der Waals surface area contributed by atoms with Crippen molar-refractivity contribution in [3.8, 4) is 0 Å². The Hall–Kier alpha value is -1.83. The maximum absolute atomic E-state index is 11.1. The molecule has 0 spiro atoms. The Labute approximate surface area is 161 Å². The minimum atomic E-state index is -0.116. The van der Waals surface area contributed by atoms with Crippen LogP contribution in [0.1, 0.15) is 78.1 Å². The summed E-state index contributed by atoms with van der Waals surface area (Å²) in [5.41, 5.74) is 0. The molecule has 0 amide bonds. The Bertz CT molecular complexity index is 453. The van der Waals surface area contributed by atoms with Gasteiger partial charge >= 0.3 is 5.97 Å². The van der Waals surface area contributed by atoms with Crippen molar-refractivity contribution >= 4 is 5.97 Å². The predicted octanol–water partition coefficient (Wildman–Crippen LogP) is 7.25. The number of unbranched alkanes of at least 4 members (excludes halogenated alkanes) is 3. The fourth-order valence-corrected chi connectivity index (χ4v) is 2.27. The summed E-state index contributed by atoms with van der Waals surface area (Å²) in [6.45, 7) is 4.53. The Kier molecular flexibility index (Phi) is 19.7. The molecule has 0 aromatic carbocycles. The minimum Gasteiger partial charge on any atom is -0.466 e. The van der Waals surface area contributed by atoms with E-state index in [4.69, 9.17) is 4.74 Å². The topological polar surface area (TPSA) is 26.3 Å². The first-order chi connectivity index (χ1) is 12.8. The molecular weight excluding hydrogens is 320 g/mol. The Morgan fingerprint density at radius 2 is 1.12 bits per heavy atom. The van der Waals surface area contributed by atoms with E-state index in [2.05, 4.69) is 61.6 Å². The fourth-order valence-electron chi connectivity index (χ4n) is 2.27. The zero-order chi connectivity index (χ0) is 19.1. The summed E-state index contributed by atoms with van der Waals surface area (Å²) in [6.07, 6.45) is 32.2. The number of ether oxygens (including phenoxy) is 1. The summed E-state index contributed by atoms with van der Waals surface area (Å²) < 4.78 is 4.88. The molecule has 0 aromatic rings. The van der Waals surface area contributed by atoms with E-state index in [1.165, 1.54) is 25.7 Å². The molecule has 0 aromatic heterocycles. The van der Waals surface area contributed by atoms with Crippen LogP contribution < -0.4 is 0 Å². The average Bonchev–Trinajstić information content (AvgIpc) is 2.64. The average molecular weight is 359 g/mol. The van der Waals surface area contributed by atoms with Crippen molar-refractivity contribution < 1.29 is 9.53 Å². The van der Waals surface area contributed by atoms with Crippen molar-refractivity contribution in [1.82, 2.24) is 0 Å². The molecule has 0 N–H and O–H groups in total. The van der Waals surface area contributed by atoms with E-state index < -0.39 is 0 Å². The van der Waals surface area contributed by atoms with Gasteiger partial charge in [0, 0.05) is 6.42 Å². The van der Waals surface area contributed by atoms with Crippen molar-refractivity contribution in [2.75, 3.05) is 6.61 Å². The van der Waals surface area contributed by atoms with Crippen molar-refractivity contribution in [3.63, 3.8) is 0 Å². The first kappa shape index (κ1) is 24.2. The van der Waals surface area contributed by atoms with Gasteiger partial charge in [-0.1, -0.05) is 80.5 Å². The lowest BCUT2D eigenvalue weighted by atomic mass is 10.2. The molecule has 0 aliphatic heterocycles. The number of hydrogen-bond acceptors (Lipinski definition) is 2. The van der Waals surface area contributed by atoms with Crippen LogP contribution in [0.5, 0.6) is 0 Å². The molecule has 0 atom stereocenters. The largest absolute Gasteiger partial charge is 0.466 e. The van der Waals surface area contributed by atoms with Crippen LogP contribution >= 0.6 is 0 Å². The zero-order valence-corrected chi connectivity index (χ0v) is 16.9. The van der Waals surface area contributed by atoms with Gasteiger partial charge in [-0.2, -0.15) is 0 Å². The van der Waals surface area contributed by atoms with Gasteiger partial charge in [0.1, 0.15) is 0 Å². The van der Waals surface area contributed by atoms with Gasteiger partial charge in [-0.15, -0.1) is 0 Å². The highest BCUT2D eigenvalue weighted by Crippen LogP contribution is 2.01. The lowest BCUT2D eigenvalue weighted by molar-refractivity contribution is -0.142. The molecule has 0 unspecified atom stereocenters. The van der Waals surface area contributed by atoms with Gasteiger partial charge < -0.3 is 4.74 Å². The van der Waals surface area contributed by atoms with E-state index in [0.717, 1.165) is 32.1 Å². The van der Waals surface area contributed by atoms with Gasteiger partial charge in [0.2, 0.25) is 0 Å². The van der Waals surface area contributed by atoms with Crippen molar-refractivity contribution in [2.45, 2.75) is 78.1 Å². The molecule has 2 heteroatoms. The van der Waals surface area contributed by atoms with Gasteiger partial charge in [-0.05, 0) is 51.9 Å². The van der Waals surface area contributed by atoms with Crippen LogP contribution in [0.4, 0.5) is 0 Å². The third kappa shape index (κ3) is 20.2. The summed E-state index contributed by atoms with van der Waals surface area (Å²) in [6, 6.07) is 0. The quantitative estimate of drug-likeness (QED) is 0.165. The third-order valence-electron chi connectivity index (χ3n) is 3.72. The standard InChI is InChI=1S/C24H38O2/c1-3-5-6-7-8-9-10-11-12-13-14-15-16-17-18-19-20-21-22-23-24(25)26-4-2/h8-9,11-12,14-15,17-18,20-21H,3-7,10,13,16,19,22-23H2,1-2H3/b9-8-,12-11-,15-14-,18-17-,21-20-. The van der Waals surface area contributed by atoms with E-state index in [0.29, 0.717) is 13.0 Å². The Morgan fingerprint density at radius 3 is 1.58 bits per heavy atom. The molecule has 0 fully saturated rings. The lowest BCUT2D eigenvalue weighted by Gasteiger charge is -1.97. The molecule has 0 rings (SSSR count). The number of rotatable bonds is 16. The van der Waals surface area contributed by atoms with E-state index in [9.17, 15) is 4.79 Å². The highest BCUT2D eigenvalue weighted by atomic mass is 16.5. The van der Waals surface area contributed by atoms with E-state index >= 15 is 0 Å².